The molecule has 8 nitrogen and oxygen atoms in total. The molecule has 0 spiro atoms. The minimum atomic E-state index is -1.21. The van der Waals surface area contributed by atoms with Crippen LogP contribution in [0.4, 0.5) is 0 Å². The standard InChI is InChI=1S/C24H35NO7/c26-21(25-20(24(31)32)16-17-22(27)28)11-9-7-5-3-1-2-4-6-8-10-18-12-14-19(15-13-18)23(29)30/h12-15,20H,1-11,16-17H2,(H,25,26)(H,27,28)(H,29,30)(H,31,32)/t20-/m0/s1. The number of unbranched alkanes of at least 4 members (excludes halogenated alkanes) is 8. The number of carbonyl (C=O) groups is 4. The Morgan fingerprint density at radius 1 is 0.719 bits per heavy atom. The Morgan fingerprint density at radius 2 is 1.25 bits per heavy atom. The van der Waals surface area contributed by atoms with E-state index in [0.717, 1.165) is 50.5 Å². The molecule has 0 bridgehead atoms. The van der Waals surface area contributed by atoms with Crippen molar-refractivity contribution < 1.29 is 34.5 Å². The normalized spacial score (nSPS) is 11.6. The number of carboxylic acid groups (broad SMARTS) is 3. The molecule has 0 fully saturated rings. The molecule has 0 aliphatic heterocycles. The van der Waals surface area contributed by atoms with E-state index in [9.17, 15) is 19.2 Å². The fourth-order valence-corrected chi connectivity index (χ4v) is 3.46. The SMILES string of the molecule is O=C(O)CC[C@H](NC(=O)CCCCCCCCCCCc1ccc(C(=O)O)cc1)C(=O)O. The average molecular weight is 450 g/mol. The highest BCUT2D eigenvalue weighted by molar-refractivity contribution is 5.87. The summed E-state index contributed by atoms with van der Waals surface area (Å²) in [6, 6.07) is 5.89. The lowest BCUT2D eigenvalue weighted by atomic mass is 10.0. The molecule has 32 heavy (non-hydrogen) atoms. The van der Waals surface area contributed by atoms with Crippen LogP contribution in [0, 0.1) is 0 Å². The van der Waals surface area contributed by atoms with Crippen LogP contribution >= 0.6 is 0 Å². The molecule has 0 aliphatic carbocycles. The summed E-state index contributed by atoms with van der Waals surface area (Å²) in [5.41, 5.74) is 1.48. The molecule has 0 saturated heterocycles. The first-order valence-electron chi connectivity index (χ1n) is 11.4. The molecule has 8 heteroatoms. The van der Waals surface area contributed by atoms with Gasteiger partial charge in [0.2, 0.25) is 5.91 Å². The van der Waals surface area contributed by atoms with E-state index >= 15 is 0 Å². The Labute approximate surface area is 189 Å². The van der Waals surface area contributed by atoms with Crippen LogP contribution in [0.5, 0.6) is 0 Å². The summed E-state index contributed by atoms with van der Waals surface area (Å²) in [5, 5.41) is 29.0. The van der Waals surface area contributed by atoms with E-state index in [1.165, 1.54) is 12.8 Å². The lowest BCUT2D eigenvalue weighted by Gasteiger charge is -2.13. The van der Waals surface area contributed by atoms with Crippen molar-refractivity contribution in [3.05, 3.63) is 35.4 Å². The Bertz CT molecular complexity index is 730. The van der Waals surface area contributed by atoms with Gasteiger partial charge in [-0.1, -0.05) is 57.1 Å². The number of benzene rings is 1. The van der Waals surface area contributed by atoms with Gasteiger partial charge in [0.15, 0.2) is 0 Å². The first kappa shape index (κ1) is 27.1. The molecular weight excluding hydrogens is 414 g/mol. The van der Waals surface area contributed by atoms with Crippen molar-refractivity contribution in [3.63, 3.8) is 0 Å². The van der Waals surface area contributed by atoms with Crippen molar-refractivity contribution in [1.29, 1.82) is 0 Å². The zero-order valence-corrected chi connectivity index (χ0v) is 18.6. The zero-order chi connectivity index (χ0) is 23.8. The van der Waals surface area contributed by atoms with Crippen molar-refractivity contribution in [3.8, 4) is 0 Å². The fraction of sp³-hybridized carbons (Fsp3) is 0.583. The first-order chi connectivity index (χ1) is 15.3. The van der Waals surface area contributed by atoms with Crippen LogP contribution in [0.1, 0.15) is 93.0 Å². The van der Waals surface area contributed by atoms with Gasteiger partial charge in [0, 0.05) is 12.8 Å². The molecular formula is C24H35NO7. The molecule has 1 amide bonds. The van der Waals surface area contributed by atoms with E-state index in [1.54, 1.807) is 12.1 Å². The number of hydrogen-bond acceptors (Lipinski definition) is 4. The summed E-state index contributed by atoms with van der Waals surface area (Å²) in [4.78, 5) is 44.3. The van der Waals surface area contributed by atoms with Gasteiger partial charge in [-0.15, -0.1) is 0 Å². The van der Waals surface area contributed by atoms with Crippen molar-refractivity contribution in [2.45, 2.75) is 89.5 Å². The van der Waals surface area contributed by atoms with E-state index in [1.807, 2.05) is 12.1 Å². The predicted molar refractivity (Wildman–Crippen MR) is 120 cm³/mol. The van der Waals surface area contributed by atoms with E-state index in [2.05, 4.69) is 5.32 Å². The number of aromatic carboxylic acids is 1. The molecule has 0 radical (unpaired) electrons. The van der Waals surface area contributed by atoms with Gasteiger partial charge in [-0.2, -0.15) is 0 Å². The van der Waals surface area contributed by atoms with Gasteiger partial charge in [0.25, 0.3) is 0 Å². The molecule has 0 aliphatic rings. The highest BCUT2D eigenvalue weighted by Crippen LogP contribution is 2.13. The second-order valence-corrected chi connectivity index (χ2v) is 8.07. The number of amides is 1. The number of nitrogens with one attached hydrogen (secondary N) is 1. The molecule has 0 saturated carbocycles. The summed E-state index contributed by atoms with van der Waals surface area (Å²) < 4.78 is 0. The maximum atomic E-state index is 11.8. The Balaban J connectivity index is 1.98. The second kappa shape index (κ2) is 15.8. The summed E-state index contributed by atoms with van der Waals surface area (Å²) in [6.07, 6.45) is 10.3. The van der Waals surface area contributed by atoms with Crippen molar-refractivity contribution in [1.82, 2.24) is 5.32 Å². The Morgan fingerprint density at radius 3 is 1.75 bits per heavy atom. The third-order valence-electron chi connectivity index (χ3n) is 5.35. The lowest BCUT2D eigenvalue weighted by Crippen LogP contribution is -2.41. The summed E-state index contributed by atoms with van der Waals surface area (Å²) in [6.45, 7) is 0. The first-order valence-corrected chi connectivity index (χ1v) is 11.4. The van der Waals surface area contributed by atoms with Crippen molar-refractivity contribution >= 4 is 23.8 Å². The molecule has 4 N–H and O–H groups in total. The van der Waals surface area contributed by atoms with Crippen LogP contribution < -0.4 is 5.32 Å². The van der Waals surface area contributed by atoms with Crippen LogP contribution in [0.15, 0.2) is 24.3 Å². The summed E-state index contributed by atoms with van der Waals surface area (Å²) in [7, 11) is 0. The summed E-state index contributed by atoms with van der Waals surface area (Å²) >= 11 is 0. The highest BCUT2D eigenvalue weighted by Gasteiger charge is 2.20. The molecule has 0 unspecified atom stereocenters. The van der Waals surface area contributed by atoms with E-state index in [4.69, 9.17) is 15.3 Å². The lowest BCUT2D eigenvalue weighted by molar-refractivity contribution is -0.143. The van der Waals surface area contributed by atoms with Crippen LogP contribution in [-0.4, -0.2) is 45.2 Å². The van der Waals surface area contributed by atoms with Gasteiger partial charge >= 0.3 is 17.9 Å². The quantitative estimate of drug-likeness (QED) is 0.245. The number of hydrogen-bond donors (Lipinski definition) is 4. The highest BCUT2D eigenvalue weighted by atomic mass is 16.4. The van der Waals surface area contributed by atoms with Gasteiger partial charge in [-0.25, -0.2) is 9.59 Å². The maximum absolute atomic E-state index is 11.8. The van der Waals surface area contributed by atoms with Crippen LogP contribution in [0.3, 0.4) is 0 Å². The predicted octanol–water partition coefficient (Wildman–Crippen LogP) is 4.26. The Hall–Kier alpha value is -2.90. The monoisotopic (exact) mass is 449 g/mol. The van der Waals surface area contributed by atoms with Crippen LogP contribution in [0.2, 0.25) is 0 Å². The minimum Gasteiger partial charge on any atom is -0.481 e. The average Bonchev–Trinajstić information content (AvgIpc) is 2.74. The van der Waals surface area contributed by atoms with Gasteiger partial charge in [-0.3, -0.25) is 9.59 Å². The van der Waals surface area contributed by atoms with E-state index < -0.39 is 23.9 Å². The van der Waals surface area contributed by atoms with Crippen LogP contribution in [0.25, 0.3) is 0 Å². The topological polar surface area (TPSA) is 141 Å². The van der Waals surface area contributed by atoms with E-state index in [-0.39, 0.29) is 25.2 Å². The second-order valence-electron chi connectivity index (χ2n) is 8.07. The minimum absolute atomic E-state index is 0.118. The number of rotatable bonds is 18. The van der Waals surface area contributed by atoms with Gasteiger partial charge in [0.05, 0.1) is 5.56 Å². The third kappa shape index (κ3) is 12.7. The summed E-state index contributed by atoms with van der Waals surface area (Å²) in [5.74, 6) is -3.55. The molecule has 0 heterocycles. The molecule has 0 aromatic heterocycles. The maximum Gasteiger partial charge on any atom is 0.335 e. The zero-order valence-electron chi connectivity index (χ0n) is 18.6. The molecule has 1 rings (SSSR count). The number of carbonyl (C=O) groups excluding carboxylic acids is 1. The number of aryl methyl sites for hydroxylation is 1. The number of carboxylic acids is 3. The number of aliphatic carboxylic acids is 2. The largest absolute Gasteiger partial charge is 0.481 e. The third-order valence-corrected chi connectivity index (χ3v) is 5.35. The molecule has 1 atom stereocenters. The smallest absolute Gasteiger partial charge is 0.335 e. The van der Waals surface area contributed by atoms with Gasteiger partial charge in [0.1, 0.15) is 6.04 Å². The molecule has 1 aromatic carbocycles. The van der Waals surface area contributed by atoms with Gasteiger partial charge in [-0.05, 0) is 43.4 Å². The molecule has 1 aromatic rings. The fourth-order valence-electron chi connectivity index (χ4n) is 3.46. The van der Waals surface area contributed by atoms with E-state index in [0.29, 0.717) is 12.0 Å². The van der Waals surface area contributed by atoms with Crippen molar-refractivity contribution in [2.24, 2.45) is 0 Å². The molecule has 178 valence electrons. The van der Waals surface area contributed by atoms with Crippen LogP contribution in [-0.2, 0) is 20.8 Å². The Kier molecular flexibility index (Phi) is 13.4. The van der Waals surface area contributed by atoms with Gasteiger partial charge < -0.3 is 20.6 Å². The van der Waals surface area contributed by atoms with Crippen molar-refractivity contribution in [2.75, 3.05) is 0 Å².